The lowest BCUT2D eigenvalue weighted by atomic mass is 9.85. The molecule has 4 N–H and O–H groups in total. The maximum atomic E-state index is 11.5. The largest absolute Gasteiger partial charge is 0.507 e. The van der Waals surface area contributed by atoms with Gasteiger partial charge in [0.25, 0.3) is 5.91 Å². The molecule has 156 valence electrons. The van der Waals surface area contributed by atoms with Crippen molar-refractivity contribution in [2.45, 2.75) is 43.9 Å². The van der Waals surface area contributed by atoms with Gasteiger partial charge in [-0.25, -0.2) is 0 Å². The van der Waals surface area contributed by atoms with Crippen molar-refractivity contribution in [3.8, 4) is 5.75 Å². The summed E-state index contributed by atoms with van der Waals surface area (Å²) < 4.78 is 0. The predicted octanol–water partition coefficient (Wildman–Crippen LogP) is 3.25. The number of anilines is 1. The number of primary amides is 1. The third-order valence-electron chi connectivity index (χ3n) is 6.25. The van der Waals surface area contributed by atoms with E-state index in [2.05, 4.69) is 29.0 Å². The van der Waals surface area contributed by atoms with Gasteiger partial charge in [0, 0.05) is 19.3 Å². The molecule has 0 bridgehead atoms. The number of nitrogens with two attached hydrogens (primary N) is 1. The Hall–Kier alpha value is -2.57. The molecule has 0 aromatic heterocycles. The summed E-state index contributed by atoms with van der Waals surface area (Å²) in [6.45, 7) is 0.403. The molecule has 2 aromatic rings. The predicted molar refractivity (Wildman–Crippen MR) is 115 cm³/mol. The highest BCUT2D eigenvalue weighted by Crippen LogP contribution is 2.38. The van der Waals surface area contributed by atoms with Crippen LogP contribution in [0.4, 0.5) is 5.69 Å². The number of likely N-dealkylation sites (N-methyl/N-ethyl adjacent to an activating group) is 1. The van der Waals surface area contributed by atoms with Crippen molar-refractivity contribution in [2.75, 3.05) is 25.5 Å². The average Bonchev–Trinajstić information content (AvgIpc) is 2.74. The molecular weight excluding hydrogens is 366 g/mol. The van der Waals surface area contributed by atoms with Gasteiger partial charge >= 0.3 is 0 Å². The molecule has 1 aliphatic rings. The molecule has 2 aromatic carbocycles. The second-order valence-corrected chi connectivity index (χ2v) is 7.97. The van der Waals surface area contributed by atoms with Crippen LogP contribution in [0.1, 0.15) is 54.1 Å². The molecule has 0 radical (unpaired) electrons. The van der Waals surface area contributed by atoms with Crippen LogP contribution in [0.3, 0.4) is 0 Å². The number of carbonyl (C=O) groups is 1. The van der Waals surface area contributed by atoms with Crippen LogP contribution in [0.5, 0.6) is 5.75 Å². The first-order valence-corrected chi connectivity index (χ1v) is 10.2. The Bertz CT molecular complexity index is 835. The van der Waals surface area contributed by atoms with Crippen LogP contribution < -0.4 is 10.6 Å². The van der Waals surface area contributed by atoms with E-state index in [1.807, 2.05) is 25.2 Å². The van der Waals surface area contributed by atoms with Crippen LogP contribution in [0.15, 0.2) is 48.5 Å². The Morgan fingerprint density at radius 3 is 2.38 bits per heavy atom. The molecule has 0 spiro atoms. The van der Waals surface area contributed by atoms with Crippen molar-refractivity contribution >= 4 is 11.6 Å². The highest BCUT2D eigenvalue weighted by Gasteiger charge is 2.40. The van der Waals surface area contributed by atoms with E-state index in [0.29, 0.717) is 12.1 Å². The molecule has 0 aliphatic heterocycles. The van der Waals surface area contributed by atoms with Crippen molar-refractivity contribution in [1.82, 2.24) is 4.90 Å². The Labute approximate surface area is 172 Å². The number of amides is 1. The van der Waals surface area contributed by atoms with Crippen LogP contribution >= 0.6 is 0 Å². The van der Waals surface area contributed by atoms with Gasteiger partial charge in [0.15, 0.2) is 0 Å². The zero-order valence-corrected chi connectivity index (χ0v) is 17.2. The van der Waals surface area contributed by atoms with Gasteiger partial charge in [0.1, 0.15) is 5.75 Å². The monoisotopic (exact) mass is 397 g/mol. The number of para-hydroxylation sites is 1. The Morgan fingerprint density at radius 2 is 1.76 bits per heavy atom. The minimum absolute atomic E-state index is 0.0259. The van der Waals surface area contributed by atoms with E-state index in [4.69, 9.17) is 5.73 Å². The zero-order valence-electron chi connectivity index (χ0n) is 17.2. The lowest BCUT2D eigenvalue weighted by Gasteiger charge is -2.52. The molecule has 0 heterocycles. The normalized spacial score (nSPS) is 17.1. The fourth-order valence-corrected chi connectivity index (χ4v) is 4.48. The Morgan fingerprint density at radius 1 is 1.10 bits per heavy atom. The lowest BCUT2D eigenvalue weighted by molar-refractivity contribution is 0.0290. The summed E-state index contributed by atoms with van der Waals surface area (Å²) in [5, 5.41) is 20.7. The molecular formula is C23H31N3O3. The average molecular weight is 398 g/mol. The SMILES string of the molecule is CN(CC(O)c1ccc(O)c(C(N)=O)c1)C1(N(C)c2ccccc2)CCCCC1. The molecule has 1 saturated carbocycles. The minimum atomic E-state index is -0.804. The van der Waals surface area contributed by atoms with Crippen molar-refractivity contribution < 1.29 is 15.0 Å². The van der Waals surface area contributed by atoms with Crippen LogP contribution in [-0.4, -0.2) is 47.3 Å². The van der Waals surface area contributed by atoms with Crippen LogP contribution in [0.2, 0.25) is 0 Å². The fraction of sp³-hybridized carbons (Fsp3) is 0.435. The Kier molecular flexibility index (Phi) is 6.45. The number of phenols is 1. The van der Waals surface area contributed by atoms with E-state index in [1.165, 1.54) is 18.6 Å². The number of rotatable bonds is 7. The molecule has 29 heavy (non-hydrogen) atoms. The summed E-state index contributed by atoms with van der Waals surface area (Å²) in [4.78, 5) is 16.1. The highest BCUT2D eigenvalue weighted by atomic mass is 16.3. The lowest BCUT2D eigenvalue weighted by Crippen LogP contribution is -2.60. The van der Waals surface area contributed by atoms with Gasteiger partial charge in [-0.05, 0) is 62.6 Å². The number of hydrogen-bond donors (Lipinski definition) is 3. The standard InChI is InChI=1S/C23H31N3O3/c1-25(16-21(28)17-11-12-20(27)19(15-17)22(24)29)23(13-7-4-8-14-23)26(2)18-9-5-3-6-10-18/h3,5-6,9-12,15,21,27-28H,4,7-8,13-14,16H2,1-2H3,(H2,24,29). The number of carbonyl (C=O) groups excluding carboxylic acids is 1. The van der Waals surface area contributed by atoms with Gasteiger partial charge in [-0.1, -0.05) is 30.7 Å². The smallest absolute Gasteiger partial charge is 0.252 e. The van der Waals surface area contributed by atoms with Gasteiger partial charge < -0.3 is 20.8 Å². The van der Waals surface area contributed by atoms with E-state index >= 15 is 0 Å². The first-order chi connectivity index (χ1) is 13.8. The van der Waals surface area contributed by atoms with Gasteiger partial charge in [0.2, 0.25) is 0 Å². The van der Waals surface area contributed by atoms with Crippen LogP contribution in [-0.2, 0) is 0 Å². The summed E-state index contributed by atoms with van der Waals surface area (Å²) in [7, 11) is 4.17. The van der Waals surface area contributed by atoms with E-state index < -0.39 is 12.0 Å². The van der Waals surface area contributed by atoms with Gasteiger partial charge in [-0.2, -0.15) is 0 Å². The maximum absolute atomic E-state index is 11.5. The van der Waals surface area contributed by atoms with Gasteiger partial charge in [-0.15, -0.1) is 0 Å². The molecule has 6 nitrogen and oxygen atoms in total. The minimum Gasteiger partial charge on any atom is -0.507 e. The van der Waals surface area contributed by atoms with Crippen molar-refractivity contribution in [2.24, 2.45) is 5.73 Å². The number of aliphatic hydroxyl groups is 1. The topological polar surface area (TPSA) is 90.0 Å². The zero-order chi connectivity index (χ0) is 21.0. The second kappa shape index (κ2) is 8.84. The molecule has 1 aliphatic carbocycles. The summed E-state index contributed by atoms with van der Waals surface area (Å²) in [5.41, 5.74) is 6.88. The second-order valence-electron chi connectivity index (χ2n) is 7.97. The van der Waals surface area contributed by atoms with Crippen molar-refractivity contribution in [3.63, 3.8) is 0 Å². The van der Waals surface area contributed by atoms with Crippen molar-refractivity contribution in [1.29, 1.82) is 0 Å². The molecule has 1 atom stereocenters. The summed E-state index contributed by atoms with van der Waals surface area (Å²) >= 11 is 0. The summed E-state index contributed by atoms with van der Waals surface area (Å²) in [6, 6.07) is 14.8. The molecule has 6 heteroatoms. The highest BCUT2D eigenvalue weighted by molar-refractivity contribution is 5.95. The fourth-order valence-electron chi connectivity index (χ4n) is 4.48. The van der Waals surface area contributed by atoms with Crippen LogP contribution in [0, 0.1) is 0 Å². The number of aliphatic hydroxyl groups excluding tert-OH is 1. The quantitative estimate of drug-likeness (QED) is 0.624. The first kappa shape index (κ1) is 21.1. The van der Waals surface area contributed by atoms with E-state index in [9.17, 15) is 15.0 Å². The summed E-state index contributed by atoms with van der Waals surface area (Å²) in [5.74, 6) is -0.883. The third-order valence-corrected chi connectivity index (χ3v) is 6.25. The number of benzene rings is 2. The summed E-state index contributed by atoms with van der Waals surface area (Å²) in [6.07, 6.45) is 4.74. The number of hydrogen-bond acceptors (Lipinski definition) is 5. The van der Waals surface area contributed by atoms with E-state index in [1.54, 1.807) is 6.07 Å². The molecule has 0 saturated heterocycles. The Balaban J connectivity index is 1.84. The maximum Gasteiger partial charge on any atom is 0.252 e. The van der Waals surface area contributed by atoms with Gasteiger partial charge in [-0.3, -0.25) is 9.69 Å². The molecule has 3 rings (SSSR count). The molecule has 1 amide bonds. The molecule has 1 unspecified atom stereocenters. The number of nitrogens with zero attached hydrogens (tertiary/aromatic N) is 2. The van der Waals surface area contributed by atoms with Gasteiger partial charge in [0.05, 0.1) is 17.3 Å². The molecule has 1 fully saturated rings. The third kappa shape index (κ3) is 4.38. The first-order valence-electron chi connectivity index (χ1n) is 10.2. The van der Waals surface area contributed by atoms with Crippen LogP contribution in [0.25, 0.3) is 0 Å². The number of aromatic hydroxyl groups is 1. The van der Waals surface area contributed by atoms with E-state index in [-0.39, 0.29) is 17.0 Å². The van der Waals surface area contributed by atoms with E-state index in [0.717, 1.165) is 31.4 Å². The van der Waals surface area contributed by atoms with Crippen molar-refractivity contribution in [3.05, 3.63) is 59.7 Å².